The van der Waals surface area contributed by atoms with Gasteiger partial charge in [0.15, 0.2) is 5.65 Å². The minimum atomic E-state index is -4.51. The molecule has 0 aromatic carbocycles. The monoisotopic (exact) mass is 445 g/mol. The van der Waals surface area contributed by atoms with Crippen molar-refractivity contribution in [3.8, 4) is 22.3 Å². The molecular weight excluding hydrogens is 427 g/mol. The number of halogens is 3. The summed E-state index contributed by atoms with van der Waals surface area (Å²) in [5.41, 5.74) is 3.66. The average Bonchev–Trinajstić information content (AvgIpc) is 3.38. The summed E-state index contributed by atoms with van der Waals surface area (Å²) in [5.74, 6) is -1.53. The minimum Gasteiger partial charge on any atom is -0.339 e. The highest BCUT2D eigenvalue weighted by Gasteiger charge is 2.42. The molecule has 0 aliphatic heterocycles. The van der Waals surface area contributed by atoms with Crippen LogP contribution in [0.4, 0.5) is 13.2 Å². The lowest BCUT2D eigenvalue weighted by Gasteiger charge is -2.24. The Hall–Kier alpha value is -3.27. The minimum absolute atomic E-state index is 0.191. The molecule has 0 bridgehead atoms. The SMILES string of the molecule is CC(C)[C@@H](NC(=O)c1cc(-c2cnn3cc(-c4cccnc4)cnc23)cs1)C(F)(F)F. The van der Waals surface area contributed by atoms with Gasteiger partial charge in [-0.25, -0.2) is 9.50 Å². The molecule has 1 N–H and O–H groups in total. The molecule has 4 aromatic rings. The van der Waals surface area contributed by atoms with Crippen LogP contribution in [0.2, 0.25) is 0 Å². The van der Waals surface area contributed by atoms with Crippen LogP contribution in [0.1, 0.15) is 23.5 Å². The first kappa shape index (κ1) is 21.0. The highest BCUT2D eigenvalue weighted by Crippen LogP contribution is 2.30. The molecule has 1 amide bonds. The van der Waals surface area contributed by atoms with Crippen LogP contribution in [-0.4, -0.2) is 37.7 Å². The van der Waals surface area contributed by atoms with E-state index in [2.05, 4.69) is 20.4 Å². The van der Waals surface area contributed by atoms with Crippen LogP contribution in [0.25, 0.3) is 27.9 Å². The predicted molar refractivity (Wildman–Crippen MR) is 112 cm³/mol. The Morgan fingerprint density at radius 1 is 1.16 bits per heavy atom. The van der Waals surface area contributed by atoms with Gasteiger partial charge in [0.2, 0.25) is 0 Å². The van der Waals surface area contributed by atoms with Crippen molar-refractivity contribution in [2.24, 2.45) is 5.92 Å². The quantitative estimate of drug-likeness (QED) is 0.477. The Bertz CT molecular complexity index is 1220. The molecule has 6 nitrogen and oxygen atoms in total. The van der Waals surface area contributed by atoms with E-state index in [0.717, 1.165) is 22.5 Å². The first-order valence-electron chi connectivity index (χ1n) is 9.44. The molecule has 4 aromatic heterocycles. The molecule has 0 saturated heterocycles. The largest absolute Gasteiger partial charge is 0.408 e. The van der Waals surface area contributed by atoms with E-state index in [-0.39, 0.29) is 4.88 Å². The van der Waals surface area contributed by atoms with Crippen molar-refractivity contribution >= 4 is 22.9 Å². The Morgan fingerprint density at radius 2 is 1.97 bits per heavy atom. The Morgan fingerprint density at radius 3 is 2.65 bits per heavy atom. The number of fused-ring (bicyclic) bond motifs is 1. The summed E-state index contributed by atoms with van der Waals surface area (Å²) >= 11 is 1.08. The zero-order chi connectivity index (χ0) is 22.2. The van der Waals surface area contributed by atoms with Crippen molar-refractivity contribution < 1.29 is 18.0 Å². The third kappa shape index (κ3) is 4.29. The normalized spacial score (nSPS) is 13.0. The van der Waals surface area contributed by atoms with Gasteiger partial charge in [0.05, 0.1) is 11.1 Å². The van der Waals surface area contributed by atoms with E-state index in [9.17, 15) is 18.0 Å². The van der Waals surface area contributed by atoms with Crippen molar-refractivity contribution in [1.82, 2.24) is 24.9 Å². The molecule has 0 aliphatic rings. The van der Waals surface area contributed by atoms with Crippen molar-refractivity contribution in [3.05, 3.63) is 59.4 Å². The number of rotatable bonds is 5. The molecule has 0 radical (unpaired) electrons. The lowest BCUT2D eigenvalue weighted by atomic mass is 10.0. The molecule has 0 unspecified atom stereocenters. The number of thiophene rings is 1. The van der Waals surface area contributed by atoms with E-state index in [0.29, 0.717) is 16.8 Å². The van der Waals surface area contributed by atoms with Crippen LogP contribution in [0.15, 0.2) is 54.6 Å². The van der Waals surface area contributed by atoms with Gasteiger partial charge in [-0.2, -0.15) is 18.3 Å². The van der Waals surface area contributed by atoms with E-state index in [1.165, 1.54) is 13.8 Å². The van der Waals surface area contributed by atoms with Gasteiger partial charge >= 0.3 is 6.18 Å². The Labute approximate surface area is 179 Å². The second-order valence-corrected chi connectivity index (χ2v) is 8.26. The molecular formula is C21H18F3N5OS. The highest BCUT2D eigenvalue weighted by atomic mass is 32.1. The Kier molecular flexibility index (Phi) is 5.48. The summed E-state index contributed by atoms with van der Waals surface area (Å²) in [6, 6.07) is 3.39. The van der Waals surface area contributed by atoms with E-state index in [4.69, 9.17) is 0 Å². The third-order valence-corrected chi connectivity index (χ3v) is 5.72. The van der Waals surface area contributed by atoms with Gasteiger partial charge in [-0.3, -0.25) is 9.78 Å². The number of nitrogens with one attached hydrogen (secondary N) is 1. The maximum absolute atomic E-state index is 13.2. The molecule has 4 rings (SSSR count). The first-order valence-corrected chi connectivity index (χ1v) is 10.3. The van der Waals surface area contributed by atoms with Crippen molar-refractivity contribution in [2.45, 2.75) is 26.1 Å². The number of alkyl halides is 3. The molecule has 0 spiro atoms. The second-order valence-electron chi connectivity index (χ2n) is 7.35. The third-order valence-electron chi connectivity index (χ3n) is 4.79. The number of pyridine rings is 1. The van der Waals surface area contributed by atoms with Gasteiger partial charge < -0.3 is 5.32 Å². The maximum atomic E-state index is 13.2. The number of hydrogen-bond acceptors (Lipinski definition) is 5. The van der Waals surface area contributed by atoms with Crippen LogP contribution in [0.3, 0.4) is 0 Å². The van der Waals surface area contributed by atoms with Gasteiger partial charge in [-0.15, -0.1) is 11.3 Å². The van der Waals surface area contributed by atoms with E-state index in [1.54, 1.807) is 40.7 Å². The summed E-state index contributed by atoms with van der Waals surface area (Å²) < 4.78 is 41.1. The number of carbonyl (C=O) groups is 1. The molecule has 0 fully saturated rings. The summed E-state index contributed by atoms with van der Waals surface area (Å²) in [7, 11) is 0. The molecule has 160 valence electrons. The first-order chi connectivity index (χ1) is 14.7. The second kappa shape index (κ2) is 8.10. The fourth-order valence-electron chi connectivity index (χ4n) is 3.20. The zero-order valence-corrected chi connectivity index (χ0v) is 17.4. The molecule has 10 heteroatoms. The van der Waals surface area contributed by atoms with Crippen LogP contribution in [-0.2, 0) is 0 Å². The molecule has 0 saturated carbocycles. The summed E-state index contributed by atoms with van der Waals surface area (Å²) in [5, 5.41) is 8.14. The van der Waals surface area contributed by atoms with Gasteiger partial charge in [0.25, 0.3) is 5.91 Å². The van der Waals surface area contributed by atoms with E-state index in [1.807, 2.05) is 18.3 Å². The molecule has 31 heavy (non-hydrogen) atoms. The summed E-state index contributed by atoms with van der Waals surface area (Å²) in [6.07, 6.45) is 4.04. The topological polar surface area (TPSA) is 72.2 Å². The van der Waals surface area contributed by atoms with Crippen molar-refractivity contribution in [2.75, 3.05) is 0 Å². The number of hydrogen-bond donors (Lipinski definition) is 1. The number of aromatic nitrogens is 4. The highest BCUT2D eigenvalue weighted by molar-refractivity contribution is 7.12. The summed E-state index contributed by atoms with van der Waals surface area (Å²) in [4.78, 5) is 21.2. The number of nitrogens with zero attached hydrogens (tertiary/aromatic N) is 4. The van der Waals surface area contributed by atoms with Gasteiger partial charge in [0.1, 0.15) is 6.04 Å². The fraction of sp³-hybridized carbons (Fsp3) is 0.238. The van der Waals surface area contributed by atoms with E-state index < -0.39 is 24.0 Å². The Balaban J connectivity index is 1.59. The summed E-state index contributed by atoms with van der Waals surface area (Å²) in [6.45, 7) is 2.84. The van der Waals surface area contributed by atoms with E-state index >= 15 is 0 Å². The van der Waals surface area contributed by atoms with Gasteiger partial charge in [0, 0.05) is 41.5 Å². The zero-order valence-electron chi connectivity index (χ0n) is 16.6. The number of carbonyl (C=O) groups excluding carboxylic acids is 1. The molecule has 0 aliphatic carbocycles. The lowest BCUT2D eigenvalue weighted by Crippen LogP contribution is -2.48. The molecule has 4 heterocycles. The van der Waals surface area contributed by atoms with Crippen molar-refractivity contribution in [1.29, 1.82) is 0 Å². The van der Waals surface area contributed by atoms with Crippen LogP contribution < -0.4 is 5.32 Å². The fourth-order valence-corrected chi connectivity index (χ4v) is 4.01. The predicted octanol–water partition coefficient (Wildman–Crippen LogP) is 4.84. The van der Waals surface area contributed by atoms with Gasteiger partial charge in [-0.1, -0.05) is 19.9 Å². The van der Waals surface area contributed by atoms with Crippen LogP contribution in [0, 0.1) is 5.92 Å². The number of amides is 1. The average molecular weight is 445 g/mol. The smallest absolute Gasteiger partial charge is 0.339 e. The van der Waals surface area contributed by atoms with Crippen LogP contribution >= 0.6 is 11.3 Å². The van der Waals surface area contributed by atoms with Gasteiger partial charge in [-0.05, 0) is 29.0 Å². The molecule has 1 atom stereocenters. The standard InChI is InChI=1S/C21H18F3N5OS/c1-12(2)18(21(22,23)24)28-20(30)17-6-14(11-31-17)16-9-27-29-10-15(8-26-19(16)29)13-4-3-5-25-7-13/h3-12,18H,1-2H3,(H,28,30)/t18-/m1/s1. The lowest BCUT2D eigenvalue weighted by molar-refractivity contribution is -0.162. The maximum Gasteiger partial charge on any atom is 0.408 e. The van der Waals surface area contributed by atoms with Crippen LogP contribution in [0.5, 0.6) is 0 Å². The van der Waals surface area contributed by atoms with Crippen molar-refractivity contribution in [3.63, 3.8) is 0 Å².